The van der Waals surface area contributed by atoms with E-state index in [1.807, 2.05) is 12.1 Å². The number of rotatable bonds is 5. The van der Waals surface area contributed by atoms with Crippen LogP contribution in [0, 0.1) is 0 Å². The van der Waals surface area contributed by atoms with Gasteiger partial charge in [0.05, 0.1) is 40.3 Å². The summed E-state index contributed by atoms with van der Waals surface area (Å²) in [6.45, 7) is 0. The lowest BCUT2D eigenvalue weighted by atomic mass is 10.1. The average Bonchev–Trinajstić information content (AvgIpc) is 2.94. The van der Waals surface area contributed by atoms with Crippen LogP contribution in [0.5, 0.6) is 23.3 Å². The molecule has 1 aromatic heterocycles. The maximum atomic E-state index is 5.30. The molecule has 0 aliphatic heterocycles. The smallest absolute Gasteiger partial charge is 0.293 e. The lowest BCUT2D eigenvalue weighted by Crippen LogP contribution is -1.95. The first-order chi connectivity index (χ1) is 9.23. The van der Waals surface area contributed by atoms with Crippen LogP contribution in [0.1, 0.15) is 0 Å². The lowest BCUT2D eigenvalue weighted by molar-refractivity contribution is 0.324. The van der Waals surface area contributed by atoms with Crippen molar-refractivity contribution in [3.05, 3.63) is 18.3 Å². The van der Waals surface area contributed by atoms with Crippen molar-refractivity contribution >= 4 is 0 Å². The second-order valence-corrected chi connectivity index (χ2v) is 3.72. The van der Waals surface area contributed by atoms with Gasteiger partial charge in [0.15, 0.2) is 11.5 Å². The van der Waals surface area contributed by atoms with Gasteiger partial charge in [0, 0.05) is 5.56 Å². The third-order valence-corrected chi connectivity index (χ3v) is 2.72. The molecule has 1 heterocycles. The molecule has 0 saturated carbocycles. The predicted molar refractivity (Wildman–Crippen MR) is 70.2 cm³/mol. The summed E-state index contributed by atoms with van der Waals surface area (Å²) in [6, 6.07) is 4.13. The van der Waals surface area contributed by atoms with E-state index in [2.05, 4.69) is 9.97 Å². The van der Waals surface area contributed by atoms with Crippen molar-refractivity contribution in [2.75, 3.05) is 28.4 Å². The number of benzene rings is 1. The van der Waals surface area contributed by atoms with Crippen LogP contribution in [0.25, 0.3) is 11.3 Å². The summed E-state index contributed by atoms with van der Waals surface area (Å²) in [5.74, 6) is 1.73. The zero-order valence-electron chi connectivity index (χ0n) is 11.3. The summed E-state index contributed by atoms with van der Waals surface area (Å²) >= 11 is 0. The Bertz CT molecular complexity index is 541. The van der Waals surface area contributed by atoms with E-state index in [0.29, 0.717) is 23.3 Å². The van der Waals surface area contributed by atoms with Gasteiger partial charge in [0.2, 0.25) is 5.75 Å². The summed E-state index contributed by atoms with van der Waals surface area (Å²) in [6.07, 6.45) is 1.68. The highest BCUT2D eigenvalue weighted by Gasteiger charge is 2.15. The predicted octanol–water partition coefficient (Wildman–Crippen LogP) is 2.11. The van der Waals surface area contributed by atoms with Crippen molar-refractivity contribution in [3.63, 3.8) is 0 Å². The molecule has 0 aliphatic carbocycles. The number of aromatic amines is 1. The van der Waals surface area contributed by atoms with Crippen LogP contribution < -0.4 is 18.9 Å². The second kappa shape index (κ2) is 5.51. The number of aromatic nitrogens is 2. The quantitative estimate of drug-likeness (QED) is 0.896. The van der Waals surface area contributed by atoms with E-state index >= 15 is 0 Å². The SMILES string of the molecule is COc1ncc(-c2cc(OC)c(OC)c(OC)c2)[nH]1. The minimum atomic E-state index is 0.448. The number of nitrogens with one attached hydrogen (secondary N) is 1. The normalized spacial score (nSPS) is 10.1. The fraction of sp³-hybridized carbons (Fsp3) is 0.308. The third kappa shape index (κ3) is 2.42. The van der Waals surface area contributed by atoms with Gasteiger partial charge in [-0.1, -0.05) is 0 Å². The highest BCUT2D eigenvalue weighted by atomic mass is 16.5. The molecule has 0 radical (unpaired) electrons. The number of methoxy groups -OCH3 is 4. The van der Waals surface area contributed by atoms with Crippen molar-refractivity contribution in [3.8, 4) is 34.5 Å². The molecule has 0 amide bonds. The van der Waals surface area contributed by atoms with Crippen LogP contribution in [0.15, 0.2) is 18.3 Å². The first-order valence-electron chi connectivity index (χ1n) is 5.62. The van der Waals surface area contributed by atoms with Crippen LogP contribution in [-0.2, 0) is 0 Å². The monoisotopic (exact) mass is 264 g/mol. The molecule has 6 heteroatoms. The lowest BCUT2D eigenvalue weighted by Gasteiger charge is -2.13. The largest absolute Gasteiger partial charge is 0.493 e. The fourth-order valence-corrected chi connectivity index (χ4v) is 1.79. The summed E-state index contributed by atoms with van der Waals surface area (Å²) < 4.78 is 20.9. The van der Waals surface area contributed by atoms with Gasteiger partial charge in [-0.05, 0) is 12.1 Å². The number of ether oxygens (including phenoxy) is 4. The molecule has 0 bridgehead atoms. The Hall–Kier alpha value is -2.37. The van der Waals surface area contributed by atoms with Gasteiger partial charge in [-0.15, -0.1) is 0 Å². The summed E-state index contributed by atoms with van der Waals surface area (Å²) in [5, 5.41) is 0. The third-order valence-electron chi connectivity index (χ3n) is 2.72. The molecule has 1 aromatic carbocycles. The van der Waals surface area contributed by atoms with E-state index in [9.17, 15) is 0 Å². The van der Waals surface area contributed by atoms with E-state index < -0.39 is 0 Å². The Morgan fingerprint density at radius 2 is 1.53 bits per heavy atom. The average molecular weight is 264 g/mol. The fourth-order valence-electron chi connectivity index (χ4n) is 1.79. The Kier molecular flexibility index (Phi) is 3.79. The highest BCUT2D eigenvalue weighted by Crippen LogP contribution is 2.40. The Labute approximate surface area is 111 Å². The van der Waals surface area contributed by atoms with Crippen molar-refractivity contribution < 1.29 is 18.9 Å². The number of imidazole rings is 1. The second-order valence-electron chi connectivity index (χ2n) is 3.72. The molecule has 0 unspecified atom stereocenters. The Balaban J connectivity index is 2.51. The van der Waals surface area contributed by atoms with Crippen molar-refractivity contribution in [2.24, 2.45) is 0 Å². The molecule has 2 aromatic rings. The van der Waals surface area contributed by atoms with Gasteiger partial charge in [0.25, 0.3) is 6.01 Å². The molecule has 102 valence electrons. The Morgan fingerprint density at radius 1 is 0.895 bits per heavy atom. The van der Waals surface area contributed by atoms with Crippen LogP contribution in [0.3, 0.4) is 0 Å². The van der Waals surface area contributed by atoms with Crippen LogP contribution in [0.4, 0.5) is 0 Å². The van der Waals surface area contributed by atoms with E-state index in [-0.39, 0.29) is 0 Å². The molecule has 0 fully saturated rings. The molecule has 6 nitrogen and oxygen atoms in total. The van der Waals surface area contributed by atoms with Crippen molar-refractivity contribution in [2.45, 2.75) is 0 Å². The molecule has 19 heavy (non-hydrogen) atoms. The maximum absolute atomic E-state index is 5.30. The minimum absolute atomic E-state index is 0.448. The number of hydrogen-bond donors (Lipinski definition) is 1. The summed E-state index contributed by atoms with van der Waals surface area (Å²) in [4.78, 5) is 7.11. The minimum Gasteiger partial charge on any atom is -0.493 e. The van der Waals surface area contributed by atoms with Gasteiger partial charge >= 0.3 is 0 Å². The summed E-state index contributed by atoms with van der Waals surface area (Å²) in [5.41, 5.74) is 1.67. The van der Waals surface area contributed by atoms with Crippen LogP contribution >= 0.6 is 0 Å². The van der Waals surface area contributed by atoms with Crippen molar-refractivity contribution in [1.29, 1.82) is 0 Å². The molecule has 2 rings (SSSR count). The molecule has 0 atom stereocenters. The highest BCUT2D eigenvalue weighted by molar-refractivity contribution is 5.68. The number of hydrogen-bond acceptors (Lipinski definition) is 5. The zero-order chi connectivity index (χ0) is 13.8. The van der Waals surface area contributed by atoms with Gasteiger partial charge < -0.3 is 23.9 Å². The number of H-pyrrole nitrogens is 1. The first kappa shape index (κ1) is 13.1. The standard InChI is InChI=1S/C13H16N2O4/c1-16-10-5-8(6-11(17-2)12(10)18-3)9-7-14-13(15-9)19-4/h5-7H,1-4H3,(H,14,15). The topological polar surface area (TPSA) is 65.6 Å². The van der Waals surface area contributed by atoms with Crippen LogP contribution in [0.2, 0.25) is 0 Å². The van der Waals surface area contributed by atoms with Gasteiger partial charge in [0.1, 0.15) is 0 Å². The summed E-state index contributed by atoms with van der Waals surface area (Å²) in [7, 11) is 6.28. The maximum Gasteiger partial charge on any atom is 0.293 e. The number of nitrogens with zero attached hydrogens (tertiary/aromatic N) is 1. The molecule has 0 spiro atoms. The van der Waals surface area contributed by atoms with E-state index in [1.54, 1.807) is 34.6 Å². The Morgan fingerprint density at radius 3 is 1.95 bits per heavy atom. The van der Waals surface area contributed by atoms with E-state index in [0.717, 1.165) is 11.3 Å². The van der Waals surface area contributed by atoms with Gasteiger partial charge in [-0.2, -0.15) is 0 Å². The molecule has 1 N–H and O–H groups in total. The molecule has 0 aliphatic rings. The van der Waals surface area contributed by atoms with Crippen LogP contribution in [-0.4, -0.2) is 38.4 Å². The van der Waals surface area contributed by atoms with Crippen molar-refractivity contribution in [1.82, 2.24) is 9.97 Å². The first-order valence-corrected chi connectivity index (χ1v) is 5.62. The van der Waals surface area contributed by atoms with E-state index in [4.69, 9.17) is 18.9 Å². The molecular weight excluding hydrogens is 248 g/mol. The van der Waals surface area contributed by atoms with Gasteiger partial charge in [-0.25, -0.2) is 4.98 Å². The van der Waals surface area contributed by atoms with E-state index in [1.165, 1.54) is 0 Å². The zero-order valence-corrected chi connectivity index (χ0v) is 11.3. The van der Waals surface area contributed by atoms with Gasteiger partial charge in [-0.3, -0.25) is 0 Å². The molecular formula is C13H16N2O4. The molecule has 0 saturated heterocycles.